The molecule has 0 spiro atoms. The zero-order chi connectivity index (χ0) is 35.3. The molecular weight excluding hydrogens is 649 g/mol. The van der Waals surface area contributed by atoms with Crippen LogP contribution in [0.15, 0.2) is 173 Å². The SMILES string of the molecule is Oc1ccc(/C2=C3\C=CC(N3)C(c3ccc(O)cc3)C3=N/C(=C(/c4ccc(O)cc4)c4ccc([nH]4)/C(c4ccc(O)cc4)=C4/C=CC2=N4)C=C3)cc1. The molecule has 2 unspecified atom stereocenters. The van der Waals surface area contributed by atoms with E-state index < -0.39 is 0 Å². The van der Waals surface area contributed by atoms with Gasteiger partial charge in [-0.1, -0.05) is 54.6 Å². The average molecular weight is 681 g/mol. The number of benzene rings is 4. The molecule has 0 saturated carbocycles. The summed E-state index contributed by atoms with van der Waals surface area (Å²) in [4.78, 5) is 14.2. The molecule has 5 heterocycles. The van der Waals surface area contributed by atoms with E-state index in [1.807, 2.05) is 85.0 Å². The number of allylic oxidation sites excluding steroid dienone is 6. The minimum atomic E-state index is -0.227. The Balaban J connectivity index is 1.32. The van der Waals surface area contributed by atoms with Crippen LogP contribution in [0.3, 0.4) is 0 Å². The third kappa shape index (κ3) is 5.52. The van der Waals surface area contributed by atoms with Crippen LogP contribution in [0.25, 0.3) is 16.7 Å². The monoisotopic (exact) mass is 680 g/mol. The van der Waals surface area contributed by atoms with Gasteiger partial charge in [0.25, 0.3) is 0 Å². The highest BCUT2D eigenvalue weighted by Gasteiger charge is 2.32. The lowest BCUT2D eigenvalue weighted by atomic mass is 9.87. The first-order valence-electron chi connectivity index (χ1n) is 17.0. The number of phenols is 4. The van der Waals surface area contributed by atoms with E-state index in [2.05, 4.69) is 22.5 Å². The quantitative estimate of drug-likeness (QED) is 0.114. The number of aromatic amines is 1. The van der Waals surface area contributed by atoms with E-state index in [4.69, 9.17) is 9.98 Å². The summed E-state index contributed by atoms with van der Waals surface area (Å²) in [6.45, 7) is 0. The maximum absolute atomic E-state index is 10.2. The molecule has 8 heteroatoms. The second-order valence-electron chi connectivity index (χ2n) is 13.0. The van der Waals surface area contributed by atoms with Crippen molar-refractivity contribution in [3.05, 3.63) is 196 Å². The normalized spacial score (nSPS) is 23.2. The van der Waals surface area contributed by atoms with Gasteiger partial charge in [-0.3, -0.25) is 4.99 Å². The van der Waals surface area contributed by atoms with Crippen molar-refractivity contribution in [3.8, 4) is 23.0 Å². The lowest BCUT2D eigenvalue weighted by Gasteiger charge is -2.25. The molecule has 4 aromatic carbocycles. The van der Waals surface area contributed by atoms with Gasteiger partial charge in [0.1, 0.15) is 23.0 Å². The molecule has 0 aliphatic carbocycles. The van der Waals surface area contributed by atoms with Gasteiger partial charge in [0.2, 0.25) is 0 Å². The molecule has 8 bridgehead atoms. The number of nitrogens with zero attached hydrogens (tertiary/aromatic N) is 2. The van der Waals surface area contributed by atoms with Gasteiger partial charge < -0.3 is 30.7 Å². The van der Waals surface area contributed by atoms with E-state index in [0.717, 1.165) is 78.9 Å². The average Bonchev–Trinajstić information content (AvgIpc) is 3.99. The summed E-state index contributed by atoms with van der Waals surface area (Å²) in [5.41, 5.74) is 11.8. The number of nitrogens with one attached hydrogen (secondary N) is 2. The van der Waals surface area contributed by atoms with Gasteiger partial charge in [0.05, 0.1) is 34.8 Å². The minimum absolute atomic E-state index is 0.167. The molecule has 52 heavy (non-hydrogen) atoms. The Bertz CT molecular complexity index is 2490. The fraction of sp³-hybridized carbons (Fsp3) is 0.0455. The number of hydrogen-bond acceptors (Lipinski definition) is 7. The molecule has 5 aromatic rings. The van der Waals surface area contributed by atoms with Crippen LogP contribution in [0.4, 0.5) is 0 Å². The van der Waals surface area contributed by atoms with Crippen molar-refractivity contribution in [1.29, 1.82) is 0 Å². The Kier molecular flexibility index (Phi) is 7.36. The Morgan fingerprint density at radius 3 is 1.50 bits per heavy atom. The summed E-state index contributed by atoms with van der Waals surface area (Å²) < 4.78 is 0. The number of aromatic nitrogens is 1. The number of hydrogen-bond donors (Lipinski definition) is 6. The molecule has 4 aliphatic rings. The molecule has 6 N–H and O–H groups in total. The van der Waals surface area contributed by atoms with Gasteiger partial charge >= 0.3 is 0 Å². The predicted octanol–water partition coefficient (Wildman–Crippen LogP) is 8.11. The van der Waals surface area contributed by atoms with E-state index in [1.54, 1.807) is 48.5 Å². The van der Waals surface area contributed by atoms with Gasteiger partial charge in [-0.05, 0) is 113 Å². The van der Waals surface area contributed by atoms with E-state index in [1.165, 1.54) is 0 Å². The van der Waals surface area contributed by atoms with Crippen LogP contribution >= 0.6 is 0 Å². The van der Waals surface area contributed by atoms with Crippen LogP contribution in [0, 0.1) is 0 Å². The van der Waals surface area contributed by atoms with Crippen LogP contribution in [0.5, 0.6) is 23.0 Å². The smallest absolute Gasteiger partial charge is 0.115 e. The molecule has 0 fully saturated rings. The van der Waals surface area contributed by atoms with Crippen molar-refractivity contribution < 1.29 is 20.4 Å². The van der Waals surface area contributed by atoms with Crippen LogP contribution < -0.4 is 5.32 Å². The topological polar surface area (TPSA) is 133 Å². The van der Waals surface area contributed by atoms with Gasteiger partial charge in [0, 0.05) is 33.8 Å². The van der Waals surface area contributed by atoms with Crippen molar-refractivity contribution in [3.63, 3.8) is 0 Å². The molecule has 0 saturated heterocycles. The first kappa shape index (κ1) is 31.0. The Hall–Kier alpha value is -7.06. The Morgan fingerprint density at radius 2 is 0.942 bits per heavy atom. The fourth-order valence-corrected chi connectivity index (χ4v) is 7.30. The second-order valence-corrected chi connectivity index (χ2v) is 13.0. The largest absolute Gasteiger partial charge is 0.508 e. The highest BCUT2D eigenvalue weighted by Crippen LogP contribution is 2.40. The summed E-state index contributed by atoms with van der Waals surface area (Å²) in [5, 5.41) is 44.5. The van der Waals surface area contributed by atoms with Crippen LogP contribution in [-0.4, -0.2) is 42.9 Å². The molecule has 252 valence electrons. The van der Waals surface area contributed by atoms with E-state index in [-0.39, 0.29) is 35.0 Å². The van der Waals surface area contributed by atoms with Crippen LogP contribution in [-0.2, 0) is 0 Å². The first-order valence-corrected chi connectivity index (χ1v) is 17.0. The van der Waals surface area contributed by atoms with Crippen molar-refractivity contribution in [2.45, 2.75) is 12.0 Å². The highest BCUT2D eigenvalue weighted by molar-refractivity contribution is 6.32. The van der Waals surface area contributed by atoms with Gasteiger partial charge in [-0.2, -0.15) is 0 Å². The Morgan fingerprint density at radius 1 is 0.462 bits per heavy atom. The zero-order valence-corrected chi connectivity index (χ0v) is 27.7. The number of fused-ring (bicyclic) bond motifs is 6. The van der Waals surface area contributed by atoms with Gasteiger partial charge in [0.15, 0.2) is 0 Å². The first-order chi connectivity index (χ1) is 25.4. The molecular formula is C44H32N4O4. The van der Waals surface area contributed by atoms with E-state index in [0.29, 0.717) is 0 Å². The summed E-state index contributed by atoms with van der Waals surface area (Å²) >= 11 is 0. The number of aromatic hydroxyl groups is 4. The molecule has 4 aliphatic heterocycles. The standard InChI is InChI=1S/C44H32N4O4/c49-29-9-1-25(2-10-29)41-33-17-19-35(45-33)42(26-3-11-30(50)12-4-26)37-21-23-39(47-37)44(28-7-15-32(52)16-8-28)40-24-22-38(48-40)43(36-20-18-34(41)46-36)27-5-13-31(51)14-6-27/h1-24,33,41,45,48-52H/b42-35-,43-36-,44-39-. The molecule has 9 rings (SSSR count). The molecule has 0 radical (unpaired) electrons. The maximum atomic E-state index is 10.2. The van der Waals surface area contributed by atoms with Crippen LogP contribution in [0.2, 0.25) is 0 Å². The van der Waals surface area contributed by atoms with Crippen molar-refractivity contribution in [2.24, 2.45) is 9.98 Å². The highest BCUT2D eigenvalue weighted by atomic mass is 16.3. The second kappa shape index (κ2) is 12.4. The fourth-order valence-electron chi connectivity index (χ4n) is 7.30. The molecule has 0 amide bonds. The summed E-state index contributed by atoms with van der Waals surface area (Å²) in [5.74, 6) is 0.468. The minimum Gasteiger partial charge on any atom is -0.508 e. The zero-order valence-electron chi connectivity index (χ0n) is 27.7. The molecule has 1 aromatic heterocycles. The number of aliphatic imine (C=N–C) groups is 2. The van der Waals surface area contributed by atoms with Gasteiger partial charge in [-0.25, -0.2) is 4.99 Å². The van der Waals surface area contributed by atoms with Crippen LogP contribution in [0.1, 0.15) is 39.6 Å². The summed E-state index contributed by atoms with van der Waals surface area (Å²) in [6, 6.07) is 32.4. The van der Waals surface area contributed by atoms with Crippen molar-refractivity contribution in [2.75, 3.05) is 0 Å². The van der Waals surface area contributed by atoms with E-state index in [9.17, 15) is 20.4 Å². The third-order valence-electron chi connectivity index (χ3n) is 9.75. The van der Waals surface area contributed by atoms with Gasteiger partial charge in [-0.15, -0.1) is 0 Å². The number of phenolic OH excluding ortho intramolecular Hbond substituents is 4. The van der Waals surface area contributed by atoms with Crippen molar-refractivity contribution >= 4 is 28.1 Å². The lowest BCUT2D eigenvalue weighted by Crippen LogP contribution is -2.33. The lowest BCUT2D eigenvalue weighted by molar-refractivity contribution is 0.474. The Labute approximate surface area is 299 Å². The summed E-state index contributed by atoms with van der Waals surface area (Å²) in [7, 11) is 0. The predicted molar refractivity (Wildman–Crippen MR) is 204 cm³/mol. The maximum Gasteiger partial charge on any atom is 0.115 e. The van der Waals surface area contributed by atoms with E-state index >= 15 is 0 Å². The number of H-pyrrole nitrogens is 1. The third-order valence-corrected chi connectivity index (χ3v) is 9.75. The molecule has 2 atom stereocenters. The van der Waals surface area contributed by atoms with Crippen molar-refractivity contribution in [1.82, 2.24) is 10.3 Å². The summed E-state index contributed by atoms with van der Waals surface area (Å²) in [6.07, 6.45) is 12.3. The molecule has 8 nitrogen and oxygen atoms in total. The number of rotatable bonds is 4.